The number of nitrogens with one attached hydrogen (secondary N) is 1. The van der Waals surface area contributed by atoms with E-state index in [1.54, 1.807) is 0 Å². The van der Waals surface area contributed by atoms with Crippen molar-refractivity contribution in [1.82, 2.24) is 5.32 Å². The molecule has 1 aliphatic carbocycles. The fourth-order valence-electron chi connectivity index (χ4n) is 3.24. The van der Waals surface area contributed by atoms with Gasteiger partial charge in [-0.05, 0) is 49.9 Å². The lowest BCUT2D eigenvalue weighted by Gasteiger charge is -2.46. The second-order valence-corrected chi connectivity index (χ2v) is 6.41. The molecule has 0 amide bonds. The minimum Gasteiger partial charge on any atom is -0.380 e. The fourth-order valence-corrected chi connectivity index (χ4v) is 3.36. The first kappa shape index (κ1) is 14.8. The third-order valence-electron chi connectivity index (χ3n) is 3.97. The molecule has 1 fully saturated rings. The fraction of sp³-hybridized carbons (Fsp3) is 0.625. The van der Waals surface area contributed by atoms with E-state index in [1.165, 1.54) is 18.4 Å². The van der Waals surface area contributed by atoms with Gasteiger partial charge in [0.05, 0.1) is 13.2 Å². The highest BCUT2D eigenvalue weighted by Crippen LogP contribution is 2.45. The van der Waals surface area contributed by atoms with Crippen molar-refractivity contribution in [1.29, 1.82) is 0 Å². The number of rotatable bonds is 7. The summed E-state index contributed by atoms with van der Waals surface area (Å²) < 4.78 is 5.90. The van der Waals surface area contributed by atoms with Gasteiger partial charge in [0.2, 0.25) is 0 Å². The van der Waals surface area contributed by atoms with Crippen LogP contribution in [0.4, 0.5) is 0 Å². The van der Waals surface area contributed by atoms with E-state index in [2.05, 4.69) is 24.4 Å². The summed E-state index contributed by atoms with van der Waals surface area (Å²) in [4.78, 5) is 0. The molecule has 0 radical (unpaired) electrons. The summed E-state index contributed by atoms with van der Waals surface area (Å²) in [5, 5.41) is 4.09. The summed E-state index contributed by atoms with van der Waals surface area (Å²) in [5.41, 5.74) is 1.67. The standard InChI is InChI=1S/C16H24ClNO/c1-13-9-16(10-13,11-18-2)12-19-8-7-14-3-5-15(17)6-4-14/h3-6,13,18H,7-12H2,1-2H3. The number of benzene rings is 1. The Labute approximate surface area is 121 Å². The summed E-state index contributed by atoms with van der Waals surface area (Å²) in [6.45, 7) is 5.06. The quantitative estimate of drug-likeness (QED) is 0.772. The minimum atomic E-state index is 0.383. The van der Waals surface area contributed by atoms with E-state index in [0.29, 0.717) is 5.41 Å². The average molecular weight is 282 g/mol. The van der Waals surface area contributed by atoms with Gasteiger partial charge in [0.1, 0.15) is 0 Å². The zero-order valence-electron chi connectivity index (χ0n) is 11.9. The Morgan fingerprint density at radius 1 is 1.32 bits per heavy atom. The van der Waals surface area contributed by atoms with Crippen molar-refractivity contribution in [3.8, 4) is 0 Å². The zero-order valence-corrected chi connectivity index (χ0v) is 12.7. The minimum absolute atomic E-state index is 0.383. The molecule has 3 heteroatoms. The highest BCUT2D eigenvalue weighted by Gasteiger charge is 2.41. The highest BCUT2D eigenvalue weighted by molar-refractivity contribution is 6.30. The molecule has 0 aliphatic heterocycles. The van der Waals surface area contributed by atoms with E-state index in [-0.39, 0.29) is 0 Å². The Morgan fingerprint density at radius 2 is 2.00 bits per heavy atom. The van der Waals surface area contributed by atoms with Crippen LogP contribution in [0.25, 0.3) is 0 Å². The van der Waals surface area contributed by atoms with Crippen LogP contribution in [0, 0.1) is 11.3 Å². The van der Waals surface area contributed by atoms with Gasteiger partial charge in [0.15, 0.2) is 0 Å². The van der Waals surface area contributed by atoms with Gasteiger partial charge in [-0.2, -0.15) is 0 Å². The Hall–Kier alpha value is -0.570. The molecule has 1 N–H and O–H groups in total. The van der Waals surface area contributed by atoms with Crippen molar-refractivity contribution in [3.63, 3.8) is 0 Å². The number of halogens is 1. The Balaban J connectivity index is 1.69. The monoisotopic (exact) mass is 281 g/mol. The predicted octanol–water partition coefficient (Wildman–Crippen LogP) is 3.53. The molecule has 1 aliphatic rings. The lowest BCUT2D eigenvalue weighted by Crippen LogP contribution is -2.46. The normalized spacial score (nSPS) is 26.2. The van der Waals surface area contributed by atoms with Gasteiger partial charge in [-0.1, -0.05) is 30.7 Å². The van der Waals surface area contributed by atoms with Crippen LogP contribution in [0.1, 0.15) is 25.3 Å². The molecular weight excluding hydrogens is 258 g/mol. The maximum Gasteiger partial charge on any atom is 0.0534 e. The molecule has 2 nitrogen and oxygen atoms in total. The number of hydrogen-bond donors (Lipinski definition) is 1. The molecule has 0 saturated heterocycles. The maximum atomic E-state index is 5.90. The number of ether oxygens (including phenoxy) is 1. The van der Waals surface area contributed by atoms with Crippen LogP contribution in [0.15, 0.2) is 24.3 Å². The molecule has 19 heavy (non-hydrogen) atoms. The Morgan fingerprint density at radius 3 is 2.58 bits per heavy atom. The molecule has 0 heterocycles. The van der Waals surface area contributed by atoms with Gasteiger partial charge in [0.25, 0.3) is 0 Å². The van der Waals surface area contributed by atoms with E-state index in [9.17, 15) is 0 Å². The molecule has 1 aromatic carbocycles. The molecule has 0 bridgehead atoms. The predicted molar refractivity (Wildman–Crippen MR) is 80.7 cm³/mol. The molecule has 0 unspecified atom stereocenters. The first-order valence-corrected chi connectivity index (χ1v) is 7.48. The van der Waals surface area contributed by atoms with Crippen LogP contribution in [-0.2, 0) is 11.2 Å². The summed E-state index contributed by atoms with van der Waals surface area (Å²) in [5.74, 6) is 0.855. The molecule has 1 saturated carbocycles. The second-order valence-electron chi connectivity index (χ2n) is 5.97. The van der Waals surface area contributed by atoms with Crippen molar-refractivity contribution in [2.24, 2.45) is 11.3 Å². The topological polar surface area (TPSA) is 21.3 Å². The van der Waals surface area contributed by atoms with E-state index in [1.807, 2.05) is 19.2 Å². The van der Waals surface area contributed by atoms with Gasteiger partial charge < -0.3 is 10.1 Å². The van der Waals surface area contributed by atoms with Crippen LogP contribution in [0.3, 0.4) is 0 Å². The van der Waals surface area contributed by atoms with E-state index in [4.69, 9.17) is 16.3 Å². The van der Waals surface area contributed by atoms with Gasteiger partial charge in [-0.3, -0.25) is 0 Å². The van der Waals surface area contributed by atoms with Crippen molar-refractivity contribution in [3.05, 3.63) is 34.9 Å². The lowest BCUT2D eigenvalue weighted by atomic mass is 9.63. The SMILES string of the molecule is CNCC1(COCCc2ccc(Cl)cc2)CC(C)C1. The van der Waals surface area contributed by atoms with Crippen LogP contribution in [-0.4, -0.2) is 26.8 Å². The van der Waals surface area contributed by atoms with Gasteiger partial charge in [0, 0.05) is 17.0 Å². The molecule has 0 atom stereocenters. The van der Waals surface area contributed by atoms with E-state index < -0.39 is 0 Å². The smallest absolute Gasteiger partial charge is 0.0534 e. The summed E-state index contributed by atoms with van der Waals surface area (Å²) >= 11 is 5.87. The van der Waals surface area contributed by atoms with Gasteiger partial charge in [-0.15, -0.1) is 0 Å². The third-order valence-corrected chi connectivity index (χ3v) is 4.22. The van der Waals surface area contributed by atoms with Crippen LogP contribution in [0.2, 0.25) is 5.02 Å². The molecule has 1 aromatic rings. The van der Waals surface area contributed by atoms with Crippen LogP contribution in [0.5, 0.6) is 0 Å². The largest absolute Gasteiger partial charge is 0.380 e. The molecular formula is C16H24ClNO. The molecule has 0 aromatic heterocycles. The maximum absolute atomic E-state index is 5.90. The molecule has 0 spiro atoms. The van der Waals surface area contributed by atoms with Gasteiger partial charge in [-0.25, -0.2) is 0 Å². The molecule has 2 rings (SSSR count). The average Bonchev–Trinajstić information content (AvgIpc) is 2.35. The first-order valence-electron chi connectivity index (χ1n) is 7.10. The summed E-state index contributed by atoms with van der Waals surface area (Å²) in [7, 11) is 2.03. The van der Waals surface area contributed by atoms with Crippen LogP contribution < -0.4 is 5.32 Å². The first-order chi connectivity index (χ1) is 9.13. The highest BCUT2D eigenvalue weighted by atomic mass is 35.5. The second kappa shape index (κ2) is 6.74. The van der Waals surface area contributed by atoms with Crippen molar-refractivity contribution >= 4 is 11.6 Å². The van der Waals surface area contributed by atoms with Crippen molar-refractivity contribution < 1.29 is 4.74 Å². The Bertz CT molecular complexity index is 379. The van der Waals surface area contributed by atoms with Crippen LogP contribution >= 0.6 is 11.6 Å². The summed E-state index contributed by atoms with van der Waals surface area (Å²) in [6, 6.07) is 8.01. The lowest BCUT2D eigenvalue weighted by molar-refractivity contribution is -0.0323. The van der Waals surface area contributed by atoms with Crippen molar-refractivity contribution in [2.75, 3.05) is 26.8 Å². The van der Waals surface area contributed by atoms with E-state index >= 15 is 0 Å². The van der Waals surface area contributed by atoms with Crippen molar-refractivity contribution in [2.45, 2.75) is 26.2 Å². The zero-order chi connectivity index (χ0) is 13.7. The van der Waals surface area contributed by atoms with Gasteiger partial charge >= 0.3 is 0 Å². The molecule has 106 valence electrons. The number of hydrogen-bond acceptors (Lipinski definition) is 2. The Kier molecular flexibility index (Phi) is 5.26. The summed E-state index contributed by atoms with van der Waals surface area (Å²) in [6.07, 6.45) is 3.53. The third kappa shape index (κ3) is 4.20. The van der Waals surface area contributed by atoms with E-state index in [0.717, 1.165) is 37.1 Å².